The van der Waals surface area contributed by atoms with Crippen LogP contribution in [0.5, 0.6) is 0 Å². The van der Waals surface area contributed by atoms with E-state index in [0.29, 0.717) is 17.5 Å². The molecule has 19 heavy (non-hydrogen) atoms. The van der Waals surface area contributed by atoms with Gasteiger partial charge in [0.15, 0.2) is 5.76 Å². The highest BCUT2D eigenvalue weighted by molar-refractivity contribution is 5.73. The molecule has 3 heterocycles. The minimum Gasteiger partial charge on any atom is -0.459 e. The second-order valence-electron chi connectivity index (χ2n) is 4.70. The predicted molar refractivity (Wildman–Crippen MR) is 66.2 cm³/mol. The Hall–Kier alpha value is -2.11. The van der Waals surface area contributed by atoms with Crippen LogP contribution < -0.4 is 0 Å². The van der Waals surface area contributed by atoms with Crippen molar-refractivity contribution < 1.29 is 13.6 Å². The van der Waals surface area contributed by atoms with E-state index < -0.39 is 0 Å². The van der Waals surface area contributed by atoms with E-state index in [2.05, 4.69) is 10.2 Å². The van der Waals surface area contributed by atoms with E-state index in [1.807, 2.05) is 4.90 Å². The number of furan rings is 1. The summed E-state index contributed by atoms with van der Waals surface area (Å²) in [5.74, 6) is 1.98. The lowest BCUT2D eigenvalue weighted by Crippen LogP contribution is -2.36. The smallest absolute Gasteiger partial charge is 0.283 e. The van der Waals surface area contributed by atoms with Crippen LogP contribution in [0.1, 0.15) is 31.6 Å². The van der Waals surface area contributed by atoms with Crippen molar-refractivity contribution in [2.24, 2.45) is 0 Å². The maximum absolute atomic E-state index is 11.3. The third-order valence-corrected chi connectivity index (χ3v) is 3.46. The highest BCUT2D eigenvalue weighted by Gasteiger charge is 2.26. The van der Waals surface area contributed by atoms with Crippen LogP contribution in [0.15, 0.2) is 27.2 Å². The van der Waals surface area contributed by atoms with E-state index in [-0.39, 0.29) is 11.8 Å². The molecule has 100 valence electrons. The fraction of sp³-hybridized carbons (Fsp3) is 0.462. The molecule has 0 aromatic carbocycles. The van der Waals surface area contributed by atoms with Gasteiger partial charge in [-0.2, -0.15) is 0 Å². The molecule has 0 N–H and O–H groups in total. The number of carbonyl (C=O) groups excluding carboxylic acids is 1. The van der Waals surface area contributed by atoms with Gasteiger partial charge >= 0.3 is 0 Å². The molecule has 0 saturated carbocycles. The van der Waals surface area contributed by atoms with Gasteiger partial charge in [-0.25, -0.2) is 0 Å². The first-order valence-corrected chi connectivity index (χ1v) is 6.37. The molecule has 6 nitrogen and oxygen atoms in total. The molecule has 6 heteroatoms. The summed E-state index contributed by atoms with van der Waals surface area (Å²) >= 11 is 0. The SMILES string of the molecule is CC(=O)N1CCC(c2nnc(-c3ccco3)o2)CC1. The van der Waals surface area contributed by atoms with Crippen molar-refractivity contribution in [3.05, 3.63) is 24.3 Å². The highest BCUT2D eigenvalue weighted by Crippen LogP contribution is 2.29. The first kappa shape index (κ1) is 12.0. The Labute approximate surface area is 110 Å². The van der Waals surface area contributed by atoms with Gasteiger partial charge in [0.05, 0.1) is 6.26 Å². The van der Waals surface area contributed by atoms with Crippen LogP contribution in [0.25, 0.3) is 11.7 Å². The summed E-state index contributed by atoms with van der Waals surface area (Å²) in [6, 6.07) is 3.57. The summed E-state index contributed by atoms with van der Waals surface area (Å²) in [4.78, 5) is 13.1. The summed E-state index contributed by atoms with van der Waals surface area (Å²) < 4.78 is 10.9. The van der Waals surface area contributed by atoms with E-state index in [9.17, 15) is 4.79 Å². The monoisotopic (exact) mass is 261 g/mol. The van der Waals surface area contributed by atoms with Gasteiger partial charge < -0.3 is 13.7 Å². The normalized spacial score (nSPS) is 16.8. The Morgan fingerprint density at radius 1 is 1.37 bits per heavy atom. The highest BCUT2D eigenvalue weighted by atomic mass is 16.4. The second-order valence-corrected chi connectivity index (χ2v) is 4.70. The van der Waals surface area contributed by atoms with Crippen LogP contribution in [-0.4, -0.2) is 34.1 Å². The molecule has 2 aromatic rings. The van der Waals surface area contributed by atoms with Crippen LogP contribution in [0.4, 0.5) is 0 Å². The van der Waals surface area contributed by atoms with Crippen molar-refractivity contribution in [1.29, 1.82) is 0 Å². The van der Waals surface area contributed by atoms with Gasteiger partial charge in [-0.05, 0) is 25.0 Å². The average Bonchev–Trinajstić information content (AvgIpc) is 3.10. The molecule has 1 saturated heterocycles. The third-order valence-electron chi connectivity index (χ3n) is 3.46. The van der Waals surface area contributed by atoms with Crippen LogP contribution in [0.3, 0.4) is 0 Å². The summed E-state index contributed by atoms with van der Waals surface area (Å²) in [5.41, 5.74) is 0. The fourth-order valence-electron chi connectivity index (χ4n) is 2.34. The zero-order chi connectivity index (χ0) is 13.2. The molecule has 0 atom stereocenters. The van der Waals surface area contributed by atoms with Crippen molar-refractivity contribution in [2.75, 3.05) is 13.1 Å². The summed E-state index contributed by atoms with van der Waals surface area (Å²) in [7, 11) is 0. The first-order valence-electron chi connectivity index (χ1n) is 6.37. The van der Waals surface area contributed by atoms with Gasteiger partial charge in [0.25, 0.3) is 5.89 Å². The Bertz CT molecular complexity index is 553. The topological polar surface area (TPSA) is 72.4 Å². The van der Waals surface area contributed by atoms with E-state index in [4.69, 9.17) is 8.83 Å². The Balaban J connectivity index is 1.69. The van der Waals surface area contributed by atoms with Gasteiger partial charge in [-0.15, -0.1) is 10.2 Å². The molecule has 3 rings (SSSR count). The summed E-state index contributed by atoms with van der Waals surface area (Å²) in [6.07, 6.45) is 3.29. The van der Waals surface area contributed by atoms with Crippen LogP contribution in [-0.2, 0) is 4.79 Å². The summed E-state index contributed by atoms with van der Waals surface area (Å²) in [6.45, 7) is 3.10. The first-order chi connectivity index (χ1) is 9.24. The largest absolute Gasteiger partial charge is 0.459 e. The number of hydrogen-bond acceptors (Lipinski definition) is 5. The molecule has 0 unspecified atom stereocenters. The van der Waals surface area contributed by atoms with Gasteiger partial charge in [0.1, 0.15) is 0 Å². The fourth-order valence-corrected chi connectivity index (χ4v) is 2.34. The molecule has 0 aliphatic carbocycles. The van der Waals surface area contributed by atoms with Crippen molar-refractivity contribution >= 4 is 5.91 Å². The quantitative estimate of drug-likeness (QED) is 0.827. The number of likely N-dealkylation sites (tertiary alicyclic amines) is 1. The molecule has 1 aliphatic heterocycles. The second kappa shape index (κ2) is 4.87. The number of amides is 1. The number of nitrogens with zero attached hydrogens (tertiary/aromatic N) is 3. The van der Waals surface area contributed by atoms with E-state index in [1.165, 1.54) is 0 Å². The molecule has 1 aliphatic rings. The van der Waals surface area contributed by atoms with Crippen molar-refractivity contribution in [3.63, 3.8) is 0 Å². The van der Waals surface area contributed by atoms with E-state index in [0.717, 1.165) is 25.9 Å². The Morgan fingerprint density at radius 2 is 2.16 bits per heavy atom. The molecule has 1 amide bonds. The maximum atomic E-state index is 11.3. The van der Waals surface area contributed by atoms with Gasteiger partial charge in [-0.1, -0.05) is 0 Å². The molecule has 2 aromatic heterocycles. The maximum Gasteiger partial charge on any atom is 0.283 e. The molecule has 0 radical (unpaired) electrons. The Kier molecular flexibility index (Phi) is 3.06. The molecular formula is C13H15N3O3. The third kappa shape index (κ3) is 2.38. The lowest BCUT2D eigenvalue weighted by molar-refractivity contribution is -0.129. The number of hydrogen-bond donors (Lipinski definition) is 0. The zero-order valence-corrected chi connectivity index (χ0v) is 10.7. The lowest BCUT2D eigenvalue weighted by Gasteiger charge is -2.29. The number of aromatic nitrogens is 2. The summed E-state index contributed by atoms with van der Waals surface area (Å²) in [5, 5.41) is 8.08. The number of rotatable bonds is 2. The van der Waals surface area contributed by atoms with Crippen molar-refractivity contribution in [3.8, 4) is 11.7 Å². The number of carbonyl (C=O) groups is 1. The van der Waals surface area contributed by atoms with Gasteiger partial charge in [0, 0.05) is 25.9 Å². The molecular weight excluding hydrogens is 246 g/mol. The van der Waals surface area contributed by atoms with Gasteiger partial charge in [0.2, 0.25) is 11.8 Å². The molecule has 1 fully saturated rings. The van der Waals surface area contributed by atoms with Crippen molar-refractivity contribution in [2.45, 2.75) is 25.7 Å². The van der Waals surface area contributed by atoms with Crippen LogP contribution in [0, 0.1) is 0 Å². The predicted octanol–water partition coefficient (Wildman–Crippen LogP) is 2.06. The van der Waals surface area contributed by atoms with Gasteiger partial charge in [-0.3, -0.25) is 4.79 Å². The van der Waals surface area contributed by atoms with E-state index in [1.54, 1.807) is 25.3 Å². The zero-order valence-electron chi connectivity index (χ0n) is 10.7. The average molecular weight is 261 g/mol. The van der Waals surface area contributed by atoms with Crippen molar-refractivity contribution in [1.82, 2.24) is 15.1 Å². The standard InChI is InChI=1S/C13H15N3O3/c1-9(17)16-6-4-10(5-7-16)12-14-15-13(19-12)11-3-2-8-18-11/h2-3,8,10H,4-7H2,1H3. The van der Waals surface area contributed by atoms with Crippen LogP contribution >= 0.6 is 0 Å². The number of piperidine rings is 1. The Morgan fingerprint density at radius 3 is 2.79 bits per heavy atom. The molecule has 0 spiro atoms. The minimum atomic E-state index is 0.125. The van der Waals surface area contributed by atoms with E-state index >= 15 is 0 Å². The van der Waals surface area contributed by atoms with Crippen LogP contribution in [0.2, 0.25) is 0 Å². The molecule has 0 bridgehead atoms. The lowest BCUT2D eigenvalue weighted by atomic mass is 9.97. The minimum absolute atomic E-state index is 0.125.